The summed E-state index contributed by atoms with van der Waals surface area (Å²) in [4.78, 5) is 0. The molecule has 4 atom stereocenters. The highest BCUT2D eigenvalue weighted by molar-refractivity contribution is 5.39. The van der Waals surface area contributed by atoms with Crippen molar-refractivity contribution in [2.24, 2.45) is 11.8 Å². The molecular formula is C16H22O. The topological polar surface area (TPSA) is 20.2 Å². The first-order valence-corrected chi connectivity index (χ1v) is 7.00. The van der Waals surface area contributed by atoms with Gasteiger partial charge in [-0.05, 0) is 54.6 Å². The summed E-state index contributed by atoms with van der Waals surface area (Å²) in [6.07, 6.45) is 5.86. The second-order valence-electron chi connectivity index (χ2n) is 6.08. The molecule has 0 heterocycles. The Bertz CT molecular complexity index is 398. The van der Waals surface area contributed by atoms with E-state index in [-0.39, 0.29) is 6.10 Å². The molecule has 1 N–H and O–H groups in total. The molecule has 1 aromatic carbocycles. The van der Waals surface area contributed by atoms with E-state index in [0.717, 1.165) is 12.3 Å². The summed E-state index contributed by atoms with van der Waals surface area (Å²) in [5.41, 5.74) is 2.97. The first kappa shape index (κ1) is 11.3. The normalized spacial score (nSPS) is 32.9. The highest BCUT2D eigenvalue weighted by Crippen LogP contribution is 2.41. The Balaban J connectivity index is 1.59. The molecule has 92 valence electrons. The van der Waals surface area contributed by atoms with Crippen molar-refractivity contribution in [2.45, 2.75) is 51.0 Å². The van der Waals surface area contributed by atoms with E-state index in [1.165, 1.54) is 36.8 Å². The van der Waals surface area contributed by atoms with Crippen LogP contribution in [0.3, 0.4) is 0 Å². The zero-order chi connectivity index (χ0) is 11.8. The number of rotatable bonds is 3. The quantitative estimate of drug-likeness (QED) is 0.842. The van der Waals surface area contributed by atoms with Crippen molar-refractivity contribution in [1.29, 1.82) is 0 Å². The molecule has 0 saturated heterocycles. The lowest BCUT2D eigenvalue weighted by atomic mass is 9.73. The van der Waals surface area contributed by atoms with Crippen LogP contribution in [0.4, 0.5) is 0 Å². The fourth-order valence-electron chi connectivity index (χ4n) is 3.66. The molecule has 1 heteroatoms. The van der Waals surface area contributed by atoms with E-state index in [0.29, 0.717) is 11.8 Å². The molecule has 2 aliphatic carbocycles. The molecule has 1 aromatic rings. The average Bonchev–Trinajstić information content (AvgIpc) is 2.73. The zero-order valence-corrected chi connectivity index (χ0v) is 10.6. The van der Waals surface area contributed by atoms with Gasteiger partial charge in [0.1, 0.15) is 0 Å². The number of aliphatic hydroxyl groups is 1. The fourth-order valence-corrected chi connectivity index (χ4v) is 3.66. The molecule has 0 aromatic heterocycles. The van der Waals surface area contributed by atoms with Gasteiger partial charge in [0.2, 0.25) is 0 Å². The minimum Gasteiger partial charge on any atom is -0.393 e. The van der Waals surface area contributed by atoms with Gasteiger partial charge in [-0.3, -0.25) is 0 Å². The molecule has 1 nitrogen and oxygen atoms in total. The summed E-state index contributed by atoms with van der Waals surface area (Å²) >= 11 is 0. The van der Waals surface area contributed by atoms with Crippen LogP contribution >= 0.6 is 0 Å². The van der Waals surface area contributed by atoms with Crippen molar-refractivity contribution < 1.29 is 5.11 Å². The Kier molecular flexibility index (Phi) is 2.96. The Morgan fingerprint density at radius 3 is 2.82 bits per heavy atom. The lowest BCUT2D eigenvalue weighted by Gasteiger charge is -2.33. The van der Waals surface area contributed by atoms with Crippen LogP contribution in [0, 0.1) is 11.8 Å². The summed E-state index contributed by atoms with van der Waals surface area (Å²) in [6, 6.07) is 8.68. The van der Waals surface area contributed by atoms with Crippen LogP contribution in [0.1, 0.15) is 49.7 Å². The van der Waals surface area contributed by atoms with E-state index >= 15 is 0 Å². The summed E-state index contributed by atoms with van der Waals surface area (Å²) in [5.74, 6) is 2.01. The highest BCUT2D eigenvalue weighted by atomic mass is 16.3. The predicted molar refractivity (Wildman–Crippen MR) is 70.0 cm³/mol. The van der Waals surface area contributed by atoms with Crippen LogP contribution < -0.4 is 0 Å². The van der Waals surface area contributed by atoms with Gasteiger partial charge in [0, 0.05) is 0 Å². The maximum Gasteiger partial charge on any atom is 0.0574 e. The van der Waals surface area contributed by atoms with Crippen molar-refractivity contribution in [3.8, 4) is 0 Å². The fraction of sp³-hybridized carbons (Fsp3) is 0.625. The van der Waals surface area contributed by atoms with E-state index in [1.54, 1.807) is 0 Å². The second-order valence-corrected chi connectivity index (χ2v) is 6.08. The molecule has 2 aliphatic rings. The van der Waals surface area contributed by atoms with Crippen LogP contribution in [-0.4, -0.2) is 11.2 Å². The SMILES string of the molecule is CC1CCC(C(O)CC2Cc3ccccc32)C1. The molecule has 4 unspecified atom stereocenters. The standard InChI is InChI=1S/C16H22O/c1-11-6-7-13(8-11)16(17)10-14-9-12-4-2-3-5-15(12)14/h2-5,11,13-14,16-17H,6-10H2,1H3. The Hall–Kier alpha value is -0.820. The highest BCUT2D eigenvalue weighted by Gasteiger charge is 2.33. The van der Waals surface area contributed by atoms with Gasteiger partial charge in [-0.15, -0.1) is 0 Å². The lowest BCUT2D eigenvalue weighted by molar-refractivity contribution is 0.0899. The van der Waals surface area contributed by atoms with Gasteiger partial charge < -0.3 is 5.11 Å². The molecule has 0 spiro atoms. The van der Waals surface area contributed by atoms with Gasteiger partial charge in [-0.2, -0.15) is 0 Å². The minimum atomic E-state index is -0.0710. The molecule has 0 bridgehead atoms. The molecule has 0 amide bonds. The summed E-state index contributed by atoms with van der Waals surface area (Å²) in [5, 5.41) is 10.3. The number of fused-ring (bicyclic) bond motifs is 1. The maximum absolute atomic E-state index is 10.3. The van der Waals surface area contributed by atoms with E-state index in [4.69, 9.17) is 0 Å². The summed E-state index contributed by atoms with van der Waals surface area (Å²) < 4.78 is 0. The molecule has 0 aliphatic heterocycles. The average molecular weight is 230 g/mol. The largest absolute Gasteiger partial charge is 0.393 e. The molecule has 1 saturated carbocycles. The van der Waals surface area contributed by atoms with Gasteiger partial charge in [0.15, 0.2) is 0 Å². The third-order valence-electron chi connectivity index (χ3n) is 4.77. The monoisotopic (exact) mass is 230 g/mol. The van der Waals surface area contributed by atoms with Crippen LogP contribution in [0.15, 0.2) is 24.3 Å². The van der Waals surface area contributed by atoms with Gasteiger partial charge in [-0.25, -0.2) is 0 Å². The van der Waals surface area contributed by atoms with Crippen LogP contribution in [0.5, 0.6) is 0 Å². The Morgan fingerprint density at radius 1 is 1.29 bits per heavy atom. The number of hydrogen-bond donors (Lipinski definition) is 1. The smallest absolute Gasteiger partial charge is 0.0574 e. The second kappa shape index (κ2) is 4.45. The van der Waals surface area contributed by atoms with E-state index < -0.39 is 0 Å². The van der Waals surface area contributed by atoms with Gasteiger partial charge in [0.25, 0.3) is 0 Å². The summed E-state index contributed by atoms with van der Waals surface area (Å²) in [7, 11) is 0. The molecule has 0 radical (unpaired) electrons. The maximum atomic E-state index is 10.3. The molecule has 1 fully saturated rings. The van der Waals surface area contributed by atoms with Crippen LogP contribution in [-0.2, 0) is 6.42 Å². The van der Waals surface area contributed by atoms with Gasteiger partial charge in [0.05, 0.1) is 6.10 Å². The molecule has 17 heavy (non-hydrogen) atoms. The van der Waals surface area contributed by atoms with Gasteiger partial charge >= 0.3 is 0 Å². The van der Waals surface area contributed by atoms with Crippen LogP contribution in [0.25, 0.3) is 0 Å². The Morgan fingerprint density at radius 2 is 2.12 bits per heavy atom. The summed E-state index contributed by atoms with van der Waals surface area (Å²) in [6.45, 7) is 2.31. The zero-order valence-electron chi connectivity index (χ0n) is 10.6. The van der Waals surface area contributed by atoms with Gasteiger partial charge in [-0.1, -0.05) is 37.6 Å². The van der Waals surface area contributed by atoms with Crippen molar-refractivity contribution in [1.82, 2.24) is 0 Å². The molecular weight excluding hydrogens is 208 g/mol. The van der Waals surface area contributed by atoms with E-state index in [9.17, 15) is 5.11 Å². The first-order valence-electron chi connectivity index (χ1n) is 7.00. The van der Waals surface area contributed by atoms with Crippen molar-refractivity contribution in [3.63, 3.8) is 0 Å². The third-order valence-corrected chi connectivity index (χ3v) is 4.77. The van der Waals surface area contributed by atoms with E-state index in [2.05, 4.69) is 31.2 Å². The third kappa shape index (κ3) is 2.13. The van der Waals surface area contributed by atoms with Crippen molar-refractivity contribution in [2.75, 3.05) is 0 Å². The Labute approximate surface area is 104 Å². The van der Waals surface area contributed by atoms with Crippen molar-refractivity contribution in [3.05, 3.63) is 35.4 Å². The lowest BCUT2D eigenvalue weighted by Crippen LogP contribution is -2.26. The predicted octanol–water partition coefficient (Wildman–Crippen LogP) is 3.51. The van der Waals surface area contributed by atoms with Crippen LogP contribution in [0.2, 0.25) is 0 Å². The molecule has 3 rings (SSSR count). The number of benzene rings is 1. The number of aliphatic hydroxyl groups excluding tert-OH is 1. The van der Waals surface area contributed by atoms with E-state index in [1.807, 2.05) is 0 Å². The number of hydrogen-bond acceptors (Lipinski definition) is 1. The minimum absolute atomic E-state index is 0.0710. The van der Waals surface area contributed by atoms with Crippen molar-refractivity contribution >= 4 is 0 Å². The first-order chi connectivity index (χ1) is 8.24.